The molecule has 78 valence electrons. The number of β-amino-alcohol motifs (C(OH)–C–C–N with tert-alkyl or cyclic N) is 1. The van der Waals surface area contributed by atoms with Crippen LogP contribution in [0.4, 0.5) is 0 Å². The van der Waals surface area contributed by atoms with Crippen molar-refractivity contribution >= 4 is 11.3 Å². The molecule has 1 aliphatic rings. The summed E-state index contributed by atoms with van der Waals surface area (Å²) in [5.74, 6) is 0. The molecule has 0 bridgehead atoms. The molecule has 1 saturated heterocycles. The zero-order valence-electron chi connectivity index (χ0n) is 8.15. The van der Waals surface area contributed by atoms with Crippen molar-refractivity contribution in [1.29, 1.82) is 0 Å². The summed E-state index contributed by atoms with van der Waals surface area (Å²) in [5.41, 5.74) is 0. The van der Waals surface area contributed by atoms with Crippen LogP contribution in [0, 0.1) is 0 Å². The Morgan fingerprint density at radius 1 is 1.64 bits per heavy atom. The van der Waals surface area contributed by atoms with Crippen molar-refractivity contribution in [1.82, 2.24) is 10.2 Å². The van der Waals surface area contributed by atoms with Crippen LogP contribution >= 0.6 is 11.3 Å². The molecule has 1 unspecified atom stereocenters. The fraction of sp³-hybridized carbons (Fsp3) is 0.600. The maximum Gasteiger partial charge on any atom is 0.0567 e. The molecule has 2 N–H and O–H groups in total. The number of aliphatic hydroxyl groups is 1. The summed E-state index contributed by atoms with van der Waals surface area (Å²) < 4.78 is 0. The third-order valence-electron chi connectivity index (χ3n) is 2.61. The van der Waals surface area contributed by atoms with Crippen LogP contribution in [0.25, 0.3) is 0 Å². The Bertz CT molecular complexity index is 261. The van der Waals surface area contributed by atoms with Gasteiger partial charge >= 0.3 is 0 Å². The topological polar surface area (TPSA) is 35.5 Å². The molecule has 14 heavy (non-hydrogen) atoms. The molecule has 1 aliphatic heterocycles. The smallest absolute Gasteiger partial charge is 0.0567 e. The van der Waals surface area contributed by atoms with Crippen LogP contribution in [0.15, 0.2) is 17.5 Å². The quantitative estimate of drug-likeness (QED) is 0.773. The second-order valence-electron chi connectivity index (χ2n) is 3.49. The Labute approximate surface area is 88.4 Å². The third-order valence-corrected chi connectivity index (χ3v) is 3.59. The Balaban J connectivity index is 2.06. The Hall–Kier alpha value is -0.420. The molecule has 0 saturated carbocycles. The van der Waals surface area contributed by atoms with Gasteiger partial charge in [-0.2, -0.15) is 0 Å². The molecule has 3 nitrogen and oxygen atoms in total. The van der Waals surface area contributed by atoms with Crippen LogP contribution in [0.1, 0.15) is 10.9 Å². The third kappa shape index (κ3) is 2.15. The average molecular weight is 212 g/mol. The molecule has 0 amide bonds. The van der Waals surface area contributed by atoms with Crippen LogP contribution in [-0.4, -0.2) is 42.8 Å². The molecule has 0 radical (unpaired) electrons. The lowest BCUT2D eigenvalue weighted by atomic mass is 10.1. The number of aliphatic hydroxyl groups excluding tert-OH is 1. The van der Waals surface area contributed by atoms with Crippen LogP contribution in [0.2, 0.25) is 0 Å². The predicted octanol–water partition coefficient (Wildman–Crippen LogP) is 0.687. The molecule has 1 aromatic heterocycles. The van der Waals surface area contributed by atoms with Crippen molar-refractivity contribution < 1.29 is 5.11 Å². The van der Waals surface area contributed by atoms with Gasteiger partial charge in [0.2, 0.25) is 0 Å². The van der Waals surface area contributed by atoms with E-state index in [1.165, 1.54) is 4.88 Å². The van der Waals surface area contributed by atoms with E-state index in [0.29, 0.717) is 6.04 Å². The summed E-state index contributed by atoms with van der Waals surface area (Å²) in [6.45, 7) is 4.09. The molecule has 1 aromatic rings. The first-order valence-corrected chi connectivity index (χ1v) is 5.89. The van der Waals surface area contributed by atoms with Crippen molar-refractivity contribution in [2.24, 2.45) is 0 Å². The summed E-state index contributed by atoms with van der Waals surface area (Å²) in [7, 11) is 0. The highest BCUT2D eigenvalue weighted by molar-refractivity contribution is 7.10. The van der Waals surface area contributed by atoms with Crippen LogP contribution < -0.4 is 5.32 Å². The van der Waals surface area contributed by atoms with E-state index >= 15 is 0 Å². The van der Waals surface area contributed by atoms with Gasteiger partial charge in [0.05, 0.1) is 12.6 Å². The highest BCUT2D eigenvalue weighted by Crippen LogP contribution is 2.25. The second-order valence-corrected chi connectivity index (χ2v) is 4.47. The lowest BCUT2D eigenvalue weighted by Crippen LogP contribution is -2.46. The predicted molar refractivity (Wildman–Crippen MR) is 58.6 cm³/mol. The van der Waals surface area contributed by atoms with Gasteiger partial charge in [0.25, 0.3) is 0 Å². The number of nitrogens with one attached hydrogen (secondary N) is 1. The minimum atomic E-state index is 0.252. The van der Waals surface area contributed by atoms with E-state index in [0.717, 1.165) is 26.2 Å². The van der Waals surface area contributed by atoms with Crippen molar-refractivity contribution in [3.63, 3.8) is 0 Å². The second kappa shape index (κ2) is 4.89. The zero-order valence-corrected chi connectivity index (χ0v) is 8.96. The average Bonchev–Trinajstić information content (AvgIpc) is 2.72. The summed E-state index contributed by atoms with van der Waals surface area (Å²) >= 11 is 1.80. The monoisotopic (exact) mass is 212 g/mol. The van der Waals surface area contributed by atoms with Gasteiger partial charge in [0, 0.05) is 31.1 Å². The van der Waals surface area contributed by atoms with E-state index in [2.05, 4.69) is 27.7 Å². The van der Waals surface area contributed by atoms with Crippen LogP contribution in [0.5, 0.6) is 0 Å². The summed E-state index contributed by atoms with van der Waals surface area (Å²) in [5, 5.41) is 14.5. The normalized spacial score (nSPS) is 23.9. The Morgan fingerprint density at radius 3 is 3.29 bits per heavy atom. The number of thiophene rings is 1. The van der Waals surface area contributed by atoms with Gasteiger partial charge < -0.3 is 10.4 Å². The van der Waals surface area contributed by atoms with Gasteiger partial charge in [-0.3, -0.25) is 4.90 Å². The largest absolute Gasteiger partial charge is 0.395 e. The van der Waals surface area contributed by atoms with Crippen LogP contribution in [0.3, 0.4) is 0 Å². The number of hydrogen-bond acceptors (Lipinski definition) is 4. The van der Waals surface area contributed by atoms with Gasteiger partial charge in [-0.1, -0.05) is 6.07 Å². The van der Waals surface area contributed by atoms with Gasteiger partial charge in [-0.25, -0.2) is 0 Å². The number of piperazine rings is 1. The molecule has 2 rings (SSSR count). The molecule has 1 atom stereocenters. The van der Waals surface area contributed by atoms with Gasteiger partial charge in [0.1, 0.15) is 0 Å². The van der Waals surface area contributed by atoms with E-state index in [1.807, 2.05) is 0 Å². The van der Waals surface area contributed by atoms with E-state index in [9.17, 15) is 0 Å². The molecule has 0 aromatic carbocycles. The minimum absolute atomic E-state index is 0.252. The van der Waals surface area contributed by atoms with E-state index in [-0.39, 0.29) is 6.61 Å². The van der Waals surface area contributed by atoms with E-state index < -0.39 is 0 Å². The lowest BCUT2D eigenvalue weighted by molar-refractivity contribution is 0.129. The maximum atomic E-state index is 8.98. The van der Waals surface area contributed by atoms with Crippen LogP contribution in [-0.2, 0) is 0 Å². The van der Waals surface area contributed by atoms with Gasteiger partial charge in [-0.05, 0) is 11.4 Å². The van der Waals surface area contributed by atoms with E-state index in [4.69, 9.17) is 5.11 Å². The molecule has 0 aliphatic carbocycles. The SMILES string of the molecule is OCCN1CCNCC1c1cccs1. The molecule has 1 fully saturated rings. The number of rotatable bonds is 3. The maximum absolute atomic E-state index is 8.98. The summed E-state index contributed by atoms with van der Waals surface area (Å²) in [4.78, 5) is 3.74. The molecule has 2 heterocycles. The van der Waals surface area contributed by atoms with Crippen molar-refractivity contribution in [3.8, 4) is 0 Å². The minimum Gasteiger partial charge on any atom is -0.395 e. The first-order chi connectivity index (χ1) is 6.92. The van der Waals surface area contributed by atoms with Gasteiger partial charge in [-0.15, -0.1) is 11.3 Å². The highest BCUT2D eigenvalue weighted by Gasteiger charge is 2.23. The van der Waals surface area contributed by atoms with Crippen molar-refractivity contribution in [2.75, 3.05) is 32.8 Å². The molecule has 0 spiro atoms. The molecular formula is C10H16N2OS. The zero-order chi connectivity index (χ0) is 9.80. The number of hydrogen-bond donors (Lipinski definition) is 2. The Morgan fingerprint density at radius 2 is 2.57 bits per heavy atom. The van der Waals surface area contributed by atoms with Crippen molar-refractivity contribution in [2.45, 2.75) is 6.04 Å². The number of nitrogens with zero attached hydrogens (tertiary/aromatic N) is 1. The Kier molecular flexibility index (Phi) is 3.53. The van der Waals surface area contributed by atoms with Gasteiger partial charge in [0.15, 0.2) is 0 Å². The van der Waals surface area contributed by atoms with Crippen molar-refractivity contribution in [3.05, 3.63) is 22.4 Å². The lowest BCUT2D eigenvalue weighted by Gasteiger charge is -2.35. The van der Waals surface area contributed by atoms with E-state index in [1.54, 1.807) is 11.3 Å². The molecular weight excluding hydrogens is 196 g/mol. The highest BCUT2D eigenvalue weighted by atomic mass is 32.1. The fourth-order valence-corrected chi connectivity index (χ4v) is 2.76. The first kappa shape index (κ1) is 10.1. The summed E-state index contributed by atoms with van der Waals surface area (Å²) in [6.07, 6.45) is 0. The first-order valence-electron chi connectivity index (χ1n) is 5.01. The molecule has 4 heteroatoms. The standard InChI is InChI=1S/C10H16N2OS/c13-6-5-12-4-3-11-8-9(12)10-2-1-7-14-10/h1-2,7,9,11,13H,3-6,8H2. The fourth-order valence-electron chi connectivity index (χ4n) is 1.90. The summed E-state index contributed by atoms with van der Waals surface area (Å²) in [6, 6.07) is 4.72.